The molecule has 2 heterocycles. The minimum atomic E-state index is -0.0629. The number of H-pyrrole nitrogens is 1. The molecule has 2 aromatic heterocycles. The van der Waals surface area contributed by atoms with Crippen LogP contribution in [0.1, 0.15) is 25.1 Å². The Morgan fingerprint density at radius 2 is 2.28 bits per heavy atom. The molecule has 0 radical (unpaired) electrons. The Morgan fingerprint density at radius 3 is 3.11 bits per heavy atom. The normalized spacial score (nSPS) is 11.2. The fourth-order valence-corrected chi connectivity index (χ4v) is 2.48. The van der Waals surface area contributed by atoms with Crippen LogP contribution in [0.2, 0.25) is 0 Å². The number of aliphatic hydroxyl groups is 1. The van der Waals surface area contributed by atoms with Crippen LogP contribution >= 0.6 is 11.3 Å². The molecule has 0 amide bonds. The average molecular weight is 267 g/mol. The van der Waals surface area contributed by atoms with Crippen molar-refractivity contribution >= 4 is 21.6 Å². The van der Waals surface area contributed by atoms with Crippen LogP contribution in [0.15, 0.2) is 16.2 Å². The van der Waals surface area contributed by atoms with Crippen LogP contribution in [0, 0.1) is 0 Å². The minimum Gasteiger partial charge on any atom is -0.396 e. The van der Waals surface area contributed by atoms with E-state index in [2.05, 4.69) is 15.3 Å². The predicted molar refractivity (Wildman–Crippen MR) is 72.9 cm³/mol. The second-order valence-corrected chi connectivity index (χ2v) is 5.02. The van der Waals surface area contributed by atoms with Gasteiger partial charge in [-0.1, -0.05) is 0 Å². The molecule has 2 rings (SSSR count). The molecule has 0 saturated heterocycles. The van der Waals surface area contributed by atoms with Crippen molar-refractivity contribution < 1.29 is 5.11 Å². The van der Waals surface area contributed by atoms with Crippen molar-refractivity contribution in [2.45, 2.75) is 25.8 Å². The van der Waals surface area contributed by atoms with E-state index in [4.69, 9.17) is 5.11 Å². The van der Waals surface area contributed by atoms with E-state index in [1.165, 1.54) is 11.3 Å². The molecule has 0 unspecified atom stereocenters. The van der Waals surface area contributed by atoms with Gasteiger partial charge in [0.25, 0.3) is 5.56 Å². The van der Waals surface area contributed by atoms with E-state index >= 15 is 0 Å². The molecule has 0 spiro atoms. The maximum atomic E-state index is 11.7. The van der Waals surface area contributed by atoms with Gasteiger partial charge in [0.2, 0.25) is 0 Å². The molecular weight excluding hydrogens is 250 g/mol. The molecule has 0 atom stereocenters. The van der Waals surface area contributed by atoms with E-state index in [9.17, 15) is 4.79 Å². The average Bonchev–Trinajstić information content (AvgIpc) is 2.82. The lowest BCUT2D eigenvalue weighted by Crippen LogP contribution is -2.20. The van der Waals surface area contributed by atoms with Gasteiger partial charge >= 0.3 is 0 Å². The highest BCUT2D eigenvalue weighted by Crippen LogP contribution is 2.13. The van der Waals surface area contributed by atoms with Crippen LogP contribution in [-0.2, 0) is 6.54 Å². The molecule has 0 aliphatic carbocycles. The molecule has 0 saturated carbocycles. The Labute approximate surface area is 109 Å². The molecule has 3 N–H and O–H groups in total. The zero-order valence-electron chi connectivity index (χ0n) is 10.1. The molecular formula is C12H17N3O2S. The third kappa shape index (κ3) is 3.38. The van der Waals surface area contributed by atoms with Crippen molar-refractivity contribution in [3.05, 3.63) is 27.6 Å². The van der Waals surface area contributed by atoms with Gasteiger partial charge in [-0.3, -0.25) is 4.79 Å². The van der Waals surface area contributed by atoms with Gasteiger partial charge in [0, 0.05) is 6.61 Å². The van der Waals surface area contributed by atoms with Crippen LogP contribution in [0.5, 0.6) is 0 Å². The second kappa shape index (κ2) is 6.63. The van der Waals surface area contributed by atoms with E-state index < -0.39 is 0 Å². The van der Waals surface area contributed by atoms with Crippen LogP contribution in [0.3, 0.4) is 0 Å². The van der Waals surface area contributed by atoms with E-state index in [1.54, 1.807) is 0 Å². The third-order valence-corrected chi connectivity index (χ3v) is 3.57. The fourth-order valence-electron chi connectivity index (χ4n) is 1.75. The SMILES string of the molecule is O=c1[nH]c(CNCCCCCO)nc2ccsc12. The van der Waals surface area contributed by atoms with Crippen molar-refractivity contribution in [1.82, 2.24) is 15.3 Å². The highest BCUT2D eigenvalue weighted by atomic mass is 32.1. The Balaban J connectivity index is 1.86. The lowest BCUT2D eigenvalue weighted by molar-refractivity contribution is 0.283. The smallest absolute Gasteiger partial charge is 0.268 e. The number of hydrogen-bond acceptors (Lipinski definition) is 5. The summed E-state index contributed by atoms with van der Waals surface area (Å²) >= 11 is 1.41. The highest BCUT2D eigenvalue weighted by Gasteiger charge is 2.04. The lowest BCUT2D eigenvalue weighted by Gasteiger charge is -2.04. The number of unbranched alkanes of at least 4 members (excludes halogenated alkanes) is 2. The highest BCUT2D eigenvalue weighted by molar-refractivity contribution is 7.17. The first kappa shape index (κ1) is 13.2. The van der Waals surface area contributed by atoms with Crippen molar-refractivity contribution in [3.8, 4) is 0 Å². The molecule has 2 aromatic rings. The number of aromatic nitrogens is 2. The first-order valence-corrected chi connectivity index (χ1v) is 6.97. The molecule has 0 bridgehead atoms. The van der Waals surface area contributed by atoms with E-state index in [-0.39, 0.29) is 12.2 Å². The topological polar surface area (TPSA) is 78.0 Å². The Bertz CT molecular complexity index is 549. The number of nitrogens with zero attached hydrogens (tertiary/aromatic N) is 1. The predicted octanol–water partition coefficient (Wildman–Crippen LogP) is 1.24. The third-order valence-electron chi connectivity index (χ3n) is 2.67. The van der Waals surface area contributed by atoms with Crippen LogP contribution in [0.25, 0.3) is 10.2 Å². The van der Waals surface area contributed by atoms with Gasteiger partial charge in [-0.25, -0.2) is 4.98 Å². The summed E-state index contributed by atoms with van der Waals surface area (Å²) in [5, 5.41) is 13.8. The second-order valence-electron chi connectivity index (χ2n) is 4.11. The van der Waals surface area contributed by atoms with Gasteiger partial charge in [0.05, 0.1) is 12.1 Å². The minimum absolute atomic E-state index is 0.0629. The Kier molecular flexibility index (Phi) is 4.86. The molecule has 6 heteroatoms. The van der Waals surface area contributed by atoms with E-state index in [0.717, 1.165) is 31.3 Å². The van der Waals surface area contributed by atoms with E-state index in [1.807, 2.05) is 11.4 Å². The zero-order chi connectivity index (χ0) is 12.8. The molecule has 0 fully saturated rings. The summed E-state index contributed by atoms with van der Waals surface area (Å²) in [6.07, 6.45) is 2.88. The van der Waals surface area contributed by atoms with Gasteiger partial charge in [0.15, 0.2) is 0 Å². The fraction of sp³-hybridized carbons (Fsp3) is 0.500. The van der Waals surface area contributed by atoms with Gasteiger partial charge in [0.1, 0.15) is 10.5 Å². The molecule has 5 nitrogen and oxygen atoms in total. The zero-order valence-corrected chi connectivity index (χ0v) is 10.9. The maximum absolute atomic E-state index is 11.7. The summed E-state index contributed by atoms with van der Waals surface area (Å²) in [5.74, 6) is 0.674. The molecule has 18 heavy (non-hydrogen) atoms. The number of hydrogen-bond donors (Lipinski definition) is 3. The van der Waals surface area contributed by atoms with Gasteiger partial charge in [-0.15, -0.1) is 11.3 Å². The number of aromatic amines is 1. The van der Waals surface area contributed by atoms with Crippen LogP contribution < -0.4 is 10.9 Å². The number of fused-ring (bicyclic) bond motifs is 1. The number of aliphatic hydroxyl groups excluding tert-OH is 1. The van der Waals surface area contributed by atoms with Crippen molar-refractivity contribution in [2.24, 2.45) is 0 Å². The van der Waals surface area contributed by atoms with Gasteiger partial charge < -0.3 is 15.4 Å². The number of rotatable bonds is 7. The molecule has 0 aromatic carbocycles. The van der Waals surface area contributed by atoms with Crippen LogP contribution in [0.4, 0.5) is 0 Å². The van der Waals surface area contributed by atoms with Crippen molar-refractivity contribution in [2.75, 3.05) is 13.2 Å². The molecule has 0 aliphatic heterocycles. The Hall–Kier alpha value is -1.24. The summed E-state index contributed by atoms with van der Waals surface area (Å²) < 4.78 is 0.682. The maximum Gasteiger partial charge on any atom is 0.268 e. The first-order valence-electron chi connectivity index (χ1n) is 6.09. The summed E-state index contributed by atoms with van der Waals surface area (Å²) in [7, 11) is 0. The first-order chi connectivity index (χ1) is 8.81. The molecule has 98 valence electrons. The largest absolute Gasteiger partial charge is 0.396 e. The van der Waals surface area contributed by atoms with Crippen LogP contribution in [-0.4, -0.2) is 28.2 Å². The van der Waals surface area contributed by atoms with Gasteiger partial charge in [-0.05, 0) is 37.3 Å². The lowest BCUT2D eigenvalue weighted by atomic mass is 10.2. The summed E-state index contributed by atoms with van der Waals surface area (Å²) in [4.78, 5) is 18.9. The standard InChI is InChI=1S/C12H17N3O2S/c16-6-3-1-2-5-13-8-10-14-9-4-7-18-11(9)12(17)15-10/h4,7,13,16H,1-3,5-6,8H2,(H,14,15,17). The number of nitrogens with one attached hydrogen (secondary N) is 2. The molecule has 0 aliphatic rings. The van der Waals surface area contributed by atoms with Gasteiger partial charge in [-0.2, -0.15) is 0 Å². The van der Waals surface area contributed by atoms with Crippen molar-refractivity contribution in [1.29, 1.82) is 0 Å². The summed E-state index contributed by atoms with van der Waals surface area (Å²) in [5.41, 5.74) is 0.702. The summed E-state index contributed by atoms with van der Waals surface area (Å²) in [6, 6.07) is 1.86. The monoisotopic (exact) mass is 267 g/mol. The summed E-state index contributed by atoms with van der Waals surface area (Å²) in [6.45, 7) is 1.69. The number of thiophene rings is 1. The van der Waals surface area contributed by atoms with E-state index in [0.29, 0.717) is 17.1 Å². The Morgan fingerprint density at radius 1 is 1.39 bits per heavy atom. The quantitative estimate of drug-likeness (QED) is 0.659. The van der Waals surface area contributed by atoms with Crippen molar-refractivity contribution in [3.63, 3.8) is 0 Å².